The summed E-state index contributed by atoms with van der Waals surface area (Å²) in [5, 5.41) is 0. The number of hydrogen-bond donors (Lipinski definition) is 0. The summed E-state index contributed by atoms with van der Waals surface area (Å²) in [6.45, 7) is 1.82. The number of aromatic nitrogens is 2. The van der Waals surface area contributed by atoms with E-state index in [1.54, 1.807) is 22.9 Å². The first kappa shape index (κ1) is 21.0. The van der Waals surface area contributed by atoms with Crippen LogP contribution >= 0.6 is 15.9 Å². The van der Waals surface area contributed by atoms with E-state index >= 15 is 0 Å². The Bertz CT molecular complexity index is 999. The van der Waals surface area contributed by atoms with Crippen molar-refractivity contribution in [2.75, 3.05) is 26.2 Å². The number of likely N-dealkylation sites (tertiary alicyclic amines) is 1. The number of rotatable bonds is 3. The number of benzene rings is 1. The number of aryl methyl sites for hydroxylation is 1. The number of hydrogen-bond acceptors (Lipinski definition) is 4. The van der Waals surface area contributed by atoms with Crippen LogP contribution in [0.4, 0.5) is 18.0 Å². The molecule has 0 unspecified atom stereocenters. The summed E-state index contributed by atoms with van der Waals surface area (Å²) in [6.07, 6.45) is -4.58. The highest BCUT2D eigenvalue weighted by Crippen LogP contribution is 2.30. The predicted molar refractivity (Wildman–Crippen MR) is 105 cm³/mol. The van der Waals surface area contributed by atoms with E-state index in [2.05, 4.69) is 20.9 Å². The van der Waals surface area contributed by atoms with Crippen molar-refractivity contribution in [3.8, 4) is 0 Å². The number of amides is 2. The molecule has 11 heteroatoms. The average molecular weight is 489 g/mol. The van der Waals surface area contributed by atoms with Gasteiger partial charge in [-0.2, -0.15) is 13.2 Å². The largest absolute Gasteiger partial charge is 0.448 e. The van der Waals surface area contributed by atoms with Gasteiger partial charge >= 0.3 is 12.3 Å². The lowest BCUT2D eigenvalue weighted by Gasteiger charge is -2.35. The fraction of sp³-hybridized carbons (Fsp3) is 0.526. The van der Waals surface area contributed by atoms with Gasteiger partial charge in [0.15, 0.2) is 5.82 Å². The molecule has 0 N–H and O–H groups in total. The van der Waals surface area contributed by atoms with E-state index in [4.69, 9.17) is 4.74 Å². The third-order valence-corrected chi connectivity index (χ3v) is 6.05. The molecule has 2 aromatic rings. The second-order valence-electron chi connectivity index (χ2n) is 7.55. The smallest absolute Gasteiger partial charge is 0.410 e. The number of ether oxygens (including phenoxy) is 1. The highest BCUT2D eigenvalue weighted by Gasteiger charge is 2.35. The average Bonchev–Trinajstić information content (AvgIpc) is 3.24. The first-order valence-electron chi connectivity index (χ1n) is 9.58. The van der Waals surface area contributed by atoms with Gasteiger partial charge in [-0.3, -0.25) is 4.79 Å². The van der Waals surface area contributed by atoms with E-state index in [-0.39, 0.29) is 34.9 Å². The van der Waals surface area contributed by atoms with Crippen molar-refractivity contribution in [2.45, 2.75) is 31.5 Å². The van der Waals surface area contributed by atoms with Gasteiger partial charge in [0.2, 0.25) is 0 Å². The maximum absolute atomic E-state index is 13.1. The lowest BCUT2D eigenvalue weighted by Crippen LogP contribution is -2.47. The molecular weight excluding hydrogens is 469 g/mol. The number of alkyl halides is 3. The Balaban J connectivity index is 1.56. The van der Waals surface area contributed by atoms with Crippen LogP contribution < -0.4 is 0 Å². The zero-order valence-electron chi connectivity index (χ0n) is 16.2. The van der Waals surface area contributed by atoms with E-state index in [0.717, 1.165) is 0 Å². The highest BCUT2D eigenvalue weighted by molar-refractivity contribution is 9.10. The van der Waals surface area contributed by atoms with Crippen molar-refractivity contribution >= 4 is 39.0 Å². The molecule has 2 saturated heterocycles. The summed E-state index contributed by atoms with van der Waals surface area (Å²) in [5.74, 6) is -0.226. The molecule has 0 atom stereocenters. The van der Waals surface area contributed by atoms with Crippen LogP contribution in [0.3, 0.4) is 0 Å². The molecule has 2 fully saturated rings. The molecule has 7 nitrogen and oxygen atoms in total. The van der Waals surface area contributed by atoms with Crippen LogP contribution in [0.2, 0.25) is 0 Å². The summed E-state index contributed by atoms with van der Waals surface area (Å²) in [6, 6.07) is 3.07. The molecule has 1 aromatic heterocycles. The number of nitrogens with zero attached hydrogens (tertiary/aromatic N) is 4. The number of carbonyl (C=O) groups is 2. The number of fused-ring (bicyclic) bond motifs is 1. The third-order valence-electron chi connectivity index (χ3n) is 5.60. The molecule has 162 valence electrons. The van der Waals surface area contributed by atoms with Crippen LogP contribution in [0, 0.1) is 0 Å². The van der Waals surface area contributed by atoms with E-state index in [0.29, 0.717) is 49.1 Å². The van der Waals surface area contributed by atoms with Gasteiger partial charge in [-0.25, -0.2) is 9.78 Å². The second kappa shape index (κ2) is 7.75. The van der Waals surface area contributed by atoms with Gasteiger partial charge in [0, 0.05) is 30.7 Å². The first-order chi connectivity index (χ1) is 14.1. The van der Waals surface area contributed by atoms with Crippen LogP contribution in [-0.2, 0) is 18.2 Å². The molecule has 0 bridgehead atoms. The Hall–Kier alpha value is -2.30. The van der Waals surface area contributed by atoms with Crippen LogP contribution in [0.1, 0.15) is 29.0 Å². The van der Waals surface area contributed by atoms with E-state index in [9.17, 15) is 22.8 Å². The minimum absolute atomic E-state index is 0.0211. The van der Waals surface area contributed by atoms with Crippen molar-refractivity contribution in [1.82, 2.24) is 19.4 Å². The first-order valence-corrected chi connectivity index (χ1v) is 10.4. The minimum atomic E-state index is -4.38. The zero-order valence-corrected chi connectivity index (χ0v) is 17.8. The summed E-state index contributed by atoms with van der Waals surface area (Å²) >= 11 is 3.25. The van der Waals surface area contributed by atoms with E-state index in [1.807, 2.05) is 0 Å². The molecule has 2 aliphatic rings. The normalized spacial score (nSPS) is 18.4. The monoisotopic (exact) mass is 488 g/mol. The van der Waals surface area contributed by atoms with Crippen molar-refractivity contribution < 1.29 is 27.5 Å². The molecule has 3 heterocycles. The molecule has 4 rings (SSSR count). The fourth-order valence-electron chi connectivity index (χ4n) is 4.12. The number of carbonyl (C=O) groups excluding carboxylic acids is 2. The summed E-state index contributed by atoms with van der Waals surface area (Å²) in [5.41, 5.74) is 0.658. The Morgan fingerprint density at radius 1 is 1.27 bits per heavy atom. The summed E-state index contributed by atoms with van der Waals surface area (Å²) in [7, 11) is 1.62. The van der Waals surface area contributed by atoms with Gasteiger partial charge < -0.3 is 19.1 Å². The standard InChI is InChI=1S/C19H20BrF3N4O3/c1-25-14-9-12(20)8-11(10-19(21,22)23)15(14)24-16(25)17(28)26-4-2-13(3-5-26)27-6-7-30-18(27)29/h8-9,13H,2-7,10H2,1H3. The van der Waals surface area contributed by atoms with Crippen LogP contribution in [0.5, 0.6) is 0 Å². The van der Waals surface area contributed by atoms with Gasteiger partial charge in [0.1, 0.15) is 6.61 Å². The molecular formula is C19H20BrF3N4O3. The summed E-state index contributed by atoms with van der Waals surface area (Å²) in [4.78, 5) is 32.4. The molecule has 30 heavy (non-hydrogen) atoms. The molecule has 0 spiro atoms. The molecule has 0 aliphatic carbocycles. The fourth-order valence-corrected chi connectivity index (χ4v) is 4.61. The van der Waals surface area contributed by atoms with E-state index < -0.39 is 12.6 Å². The topological polar surface area (TPSA) is 67.7 Å². The lowest BCUT2D eigenvalue weighted by molar-refractivity contribution is -0.127. The number of cyclic esters (lactones) is 1. The molecule has 2 aliphatic heterocycles. The SMILES string of the molecule is Cn1c(C(=O)N2CCC(N3CCOC3=O)CC2)nc2c(CC(F)(F)F)cc(Br)cc21. The predicted octanol–water partition coefficient (Wildman–Crippen LogP) is 3.50. The Morgan fingerprint density at radius 3 is 2.57 bits per heavy atom. The minimum Gasteiger partial charge on any atom is -0.448 e. The van der Waals surface area contributed by atoms with Gasteiger partial charge in [-0.1, -0.05) is 15.9 Å². The summed E-state index contributed by atoms with van der Waals surface area (Å²) < 4.78 is 46.0. The number of piperidine rings is 1. The quantitative estimate of drug-likeness (QED) is 0.662. The van der Waals surface area contributed by atoms with Crippen LogP contribution in [0.25, 0.3) is 11.0 Å². The Kier molecular flexibility index (Phi) is 5.41. The van der Waals surface area contributed by atoms with Gasteiger partial charge in [-0.05, 0) is 30.5 Å². The number of halogens is 4. The van der Waals surface area contributed by atoms with Gasteiger partial charge in [-0.15, -0.1) is 0 Å². The number of imidazole rings is 1. The molecule has 0 radical (unpaired) electrons. The van der Waals surface area contributed by atoms with Crippen LogP contribution in [0.15, 0.2) is 16.6 Å². The van der Waals surface area contributed by atoms with E-state index in [1.165, 1.54) is 10.6 Å². The van der Waals surface area contributed by atoms with Crippen molar-refractivity contribution in [3.05, 3.63) is 28.0 Å². The molecule has 1 aromatic carbocycles. The van der Waals surface area contributed by atoms with Crippen molar-refractivity contribution in [1.29, 1.82) is 0 Å². The maximum atomic E-state index is 13.1. The Labute approximate surface area is 178 Å². The highest BCUT2D eigenvalue weighted by atomic mass is 79.9. The Morgan fingerprint density at radius 2 is 1.97 bits per heavy atom. The third kappa shape index (κ3) is 3.99. The van der Waals surface area contributed by atoms with Gasteiger partial charge in [0.05, 0.1) is 24.0 Å². The zero-order chi connectivity index (χ0) is 21.6. The molecule has 2 amide bonds. The second-order valence-corrected chi connectivity index (χ2v) is 8.47. The van der Waals surface area contributed by atoms with Crippen molar-refractivity contribution in [3.63, 3.8) is 0 Å². The van der Waals surface area contributed by atoms with Crippen LogP contribution in [-0.4, -0.2) is 69.8 Å². The van der Waals surface area contributed by atoms with Gasteiger partial charge in [0.25, 0.3) is 5.91 Å². The maximum Gasteiger partial charge on any atom is 0.410 e. The molecule has 0 saturated carbocycles. The van der Waals surface area contributed by atoms with Crippen molar-refractivity contribution in [2.24, 2.45) is 7.05 Å². The lowest BCUT2D eigenvalue weighted by atomic mass is 10.0.